The third-order valence-electron chi connectivity index (χ3n) is 3.24. The first-order chi connectivity index (χ1) is 9.78. The van der Waals surface area contributed by atoms with Crippen molar-refractivity contribution in [3.8, 4) is 11.5 Å². The molecule has 6 heteroatoms. The number of ether oxygens (including phenoxy) is 2. The molecule has 1 N–H and O–H groups in total. The van der Waals surface area contributed by atoms with Crippen molar-refractivity contribution in [3.05, 3.63) is 35.9 Å². The van der Waals surface area contributed by atoms with Crippen LogP contribution in [0.25, 0.3) is 0 Å². The van der Waals surface area contributed by atoms with Gasteiger partial charge < -0.3 is 14.6 Å². The number of aliphatic hydroxyl groups excluding tert-OH is 1. The van der Waals surface area contributed by atoms with E-state index in [1.54, 1.807) is 6.07 Å². The maximum atomic E-state index is 9.66. The zero-order valence-corrected chi connectivity index (χ0v) is 11.3. The molecule has 0 amide bonds. The van der Waals surface area contributed by atoms with Crippen molar-refractivity contribution in [2.24, 2.45) is 0 Å². The van der Waals surface area contributed by atoms with Gasteiger partial charge in [-0.1, -0.05) is 6.92 Å². The Morgan fingerprint density at radius 1 is 1.50 bits per heavy atom. The highest BCUT2D eigenvalue weighted by Crippen LogP contribution is 2.35. The summed E-state index contributed by atoms with van der Waals surface area (Å²) in [7, 11) is 0. The van der Waals surface area contributed by atoms with E-state index < -0.39 is 6.10 Å². The maximum Gasteiger partial charge on any atom is 0.164 e. The second-order valence-electron chi connectivity index (χ2n) is 4.71. The standard InChI is InChI=1S/C14H17N3O3/c1-2-5-17-14(15-9-16-17)8-19-10-3-4-11-12(18)7-20-13(11)6-10/h3-4,6,9,12,18H,2,5,7-8H2,1H3. The Bertz CT molecular complexity index is 597. The molecule has 0 fully saturated rings. The van der Waals surface area contributed by atoms with Crippen LogP contribution in [0.5, 0.6) is 11.5 Å². The van der Waals surface area contributed by atoms with Crippen molar-refractivity contribution in [1.82, 2.24) is 14.8 Å². The lowest BCUT2D eigenvalue weighted by Crippen LogP contribution is -2.08. The summed E-state index contributed by atoms with van der Waals surface area (Å²) in [6.07, 6.45) is 2.00. The van der Waals surface area contributed by atoms with E-state index in [0.717, 1.165) is 24.4 Å². The van der Waals surface area contributed by atoms with Gasteiger partial charge in [-0.2, -0.15) is 5.10 Å². The predicted octanol–water partition coefficient (Wildman–Crippen LogP) is 1.69. The first-order valence-corrected chi connectivity index (χ1v) is 6.72. The zero-order chi connectivity index (χ0) is 13.9. The highest BCUT2D eigenvalue weighted by molar-refractivity contribution is 5.44. The molecule has 1 unspecified atom stereocenters. The van der Waals surface area contributed by atoms with Crippen molar-refractivity contribution < 1.29 is 14.6 Å². The summed E-state index contributed by atoms with van der Waals surface area (Å²) >= 11 is 0. The van der Waals surface area contributed by atoms with Gasteiger partial charge in [-0.05, 0) is 18.6 Å². The van der Waals surface area contributed by atoms with E-state index in [1.165, 1.54) is 6.33 Å². The number of benzene rings is 1. The van der Waals surface area contributed by atoms with Gasteiger partial charge in [0.15, 0.2) is 5.82 Å². The zero-order valence-electron chi connectivity index (χ0n) is 11.3. The van der Waals surface area contributed by atoms with E-state index in [2.05, 4.69) is 17.0 Å². The van der Waals surface area contributed by atoms with Crippen molar-refractivity contribution >= 4 is 0 Å². The van der Waals surface area contributed by atoms with Gasteiger partial charge >= 0.3 is 0 Å². The van der Waals surface area contributed by atoms with E-state index in [-0.39, 0.29) is 0 Å². The Kier molecular flexibility index (Phi) is 3.56. The average molecular weight is 275 g/mol. The molecule has 0 spiro atoms. The molecular formula is C14H17N3O3. The highest BCUT2D eigenvalue weighted by Gasteiger charge is 2.22. The molecule has 1 aliphatic rings. The molecule has 0 radical (unpaired) electrons. The highest BCUT2D eigenvalue weighted by atomic mass is 16.5. The average Bonchev–Trinajstić information content (AvgIpc) is 3.04. The number of rotatable bonds is 5. The number of hydrogen-bond donors (Lipinski definition) is 1. The van der Waals surface area contributed by atoms with E-state index >= 15 is 0 Å². The van der Waals surface area contributed by atoms with Crippen LogP contribution in [0.4, 0.5) is 0 Å². The quantitative estimate of drug-likeness (QED) is 0.899. The third-order valence-corrected chi connectivity index (χ3v) is 3.24. The fourth-order valence-electron chi connectivity index (χ4n) is 2.21. The minimum absolute atomic E-state index is 0.309. The molecular weight excluding hydrogens is 258 g/mol. The molecule has 0 saturated carbocycles. The molecule has 0 aliphatic carbocycles. The van der Waals surface area contributed by atoms with Crippen LogP contribution in [0, 0.1) is 0 Å². The van der Waals surface area contributed by atoms with Crippen LogP contribution in [0.15, 0.2) is 24.5 Å². The normalized spacial score (nSPS) is 16.8. The topological polar surface area (TPSA) is 69.4 Å². The summed E-state index contributed by atoms with van der Waals surface area (Å²) in [6, 6.07) is 5.46. The fraction of sp³-hybridized carbons (Fsp3) is 0.429. The van der Waals surface area contributed by atoms with Crippen LogP contribution < -0.4 is 9.47 Å². The molecule has 6 nitrogen and oxygen atoms in total. The van der Waals surface area contributed by atoms with Crippen LogP contribution in [-0.4, -0.2) is 26.5 Å². The van der Waals surface area contributed by atoms with Crippen LogP contribution in [0.3, 0.4) is 0 Å². The van der Waals surface area contributed by atoms with Crippen molar-refractivity contribution in [1.29, 1.82) is 0 Å². The molecule has 0 saturated heterocycles. The van der Waals surface area contributed by atoms with E-state index in [9.17, 15) is 5.11 Å². The minimum Gasteiger partial charge on any atom is -0.490 e. The lowest BCUT2D eigenvalue weighted by atomic mass is 10.1. The van der Waals surface area contributed by atoms with Crippen molar-refractivity contribution in [3.63, 3.8) is 0 Å². The van der Waals surface area contributed by atoms with Crippen LogP contribution in [0.1, 0.15) is 30.8 Å². The van der Waals surface area contributed by atoms with Gasteiger partial charge in [0.25, 0.3) is 0 Å². The lowest BCUT2D eigenvalue weighted by Gasteiger charge is -2.08. The summed E-state index contributed by atoms with van der Waals surface area (Å²) in [5.41, 5.74) is 0.812. The van der Waals surface area contributed by atoms with E-state index in [0.29, 0.717) is 24.7 Å². The number of aromatic nitrogens is 3. The third kappa shape index (κ3) is 2.46. The van der Waals surface area contributed by atoms with Crippen molar-refractivity contribution in [2.45, 2.75) is 32.6 Å². The van der Waals surface area contributed by atoms with Gasteiger partial charge in [0.2, 0.25) is 0 Å². The Hall–Kier alpha value is -2.08. The summed E-state index contributed by atoms with van der Waals surface area (Å²) in [4.78, 5) is 4.19. The summed E-state index contributed by atoms with van der Waals surface area (Å²) in [5.74, 6) is 2.18. The Morgan fingerprint density at radius 2 is 2.40 bits per heavy atom. The van der Waals surface area contributed by atoms with Gasteiger partial charge in [-0.3, -0.25) is 0 Å². The van der Waals surface area contributed by atoms with E-state index in [1.807, 2.05) is 16.8 Å². The predicted molar refractivity (Wildman–Crippen MR) is 71.5 cm³/mol. The molecule has 1 aliphatic heterocycles. The number of aryl methyl sites for hydroxylation is 1. The first kappa shape index (κ1) is 12.9. The molecule has 1 aromatic heterocycles. The monoisotopic (exact) mass is 275 g/mol. The smallest absolute Gasteiger partial charge is 0.164 e. The summed E-state index contributed by atoms with van der Waals surface area (Å²) in [5, 5.41) is 13.8. The van der Waals surface area contributed by atoms with Crippen molar-refractivity contribution in [2.75, 3.05) is 6.61 Å². The molecule has 1 aromatic carbocycles. The molecule has 2 heterocycles. The molecule has 1 atom stereocenters. The molecule has 106 valence electrons. The number of aliphatic hydroxyl groups is 1. The Labute approximate surface area is 117 Å². The van der Waals surface area contributed by atoms with Crippen LogP contribution in [0.2, 0.25) is 0 Å². The molecule has 20 heavy (non-hydrogen) atoms. The SMILES string of the molecule is CCCn1ncnc1COc1ccc2c(c1)OCC2O. The minimum atomic E-state index is -0.535. The number of fused-ring (bicyclic) bond motifs is 1. The molecule has 3 rings (SSSR count). The molecule has 0 bridgehead atoms. The Morgan fingerprint density at radius 3 is 3.25 bits per heavy atom. The van der Waals surface area contributed by atoms with E-state index in [4.69, 9.17) is 9.47 Å². The van der Waals surface area contributed by atoms with Gasteiger partial charge in [0, 0.05) is 18.2 Å². The van der Waals surface area contributed by atoms with Gasteiger partial charge in [0.1, 0.15) is 37.1 Å². The number of hydrogen-bond acceptors (Lipinski definition) is 5. The summed E-state index contributed by atoms with van der Waals surface area (Å²) < 4.78 is 12.9. The molecule has 2 aromatic rings. The fourth-order valence-corrected chi connectivity index (χ4v) is 2.21. The van der Waals surface area contributed by atoms with Gasteiger partial charge in [-0.25, -0.2) is 9.67 Å². The van der Waals surface area contributed by atoms with Gasteiger partial charge in [-0.15, -0.1) is 0 Å². The van der Waals surface area contributed by atoms with Crippen LogP contribution in [-0.2, 0) is 13.2 Å². The summed E-state index contributed by atoms with van der Waals surface area (Å²) in [6.45, 7) is 3.60. The first-order valence-electron chi connectivity index (χ1n) is 6.72. The lowest BCUT2D eigenvalue weighted by molar-refractivity contribution is 0.140. The van der Waals surface area contributed by atoms with Gasteiger partial charge in [0.05, 0.1) is 0 Å². The van der Waals surface area contributed by atoms with Crippen LogP contribution >= 0.6 is 0 Å². The number of nitrogens with zero attached hydrogens (tertiary/aromatic N) is 3. The maximum absolute atomic E-state index is 9.66. The second-order valence-corrected chi connectivity index (χ2v) is 4.71. The largest absolute Gasteiger partial charge is 0.490 e. The Balaban J connectivity index is 1.68. The second kappa shape index (κ2) is 5.50.